The second-order valence-corrected chi connectivity index (χ2v) is 7.92. The number of imidazole rings is 1. The van der Waals surface area contributed by atoms with E-state index in [0.717, 1.165) is 21.8 Å². The lowest BCUT2D eigenvalue weighted by molar-refractivity contribution is -0.671. The van der Waals surface area contributed by atoms with Gasteiger partial charge in [-0.25, -0.2) is 14.1 Å². The zero-order valence-electron chi connectivity index (χ0n) is 17.2. The van der Waals surface area contributed by atoms with E-state index >= 15 is 0 Å². The Morgan fingerprint density at radius 3 is 2.81 bits per heavy atom. The average Bonchev–Trinajstić information content (AvgIpc) is 3.37. The van der Waals surface area contributed by atoms with Gasteiger partial charge in [0.1, 0.15) is 12.4 Å². The number of para-hydroxylation sites is 1. The summed E-state index contributed by atoms with van der Waals surface area (Å²) in [5.74, 6) is -0.172. The second-order valence-electron chi connectivity index (χ2n) is 7.92. The first-order chi connectivity index (χ1) is 15.6. The van der Waals surface area contributed by atoms with Crippen LogP contribution in [0.15, 0.2) is 78.2 Å². The molecule has 1 amide bonds. The molecule has 8 heteroatoms. The lowest BCUT2D eigenvalue weighted by Crippen LogP contribution is -2.25. The van der Waals surface area contributed by atoms with E-state index in [9.17, 15) is 9.59 Å². The van der Waals surface area contributed by atoms with Gasteiger partial charge in [-0.05, 0) is 30.3 Å². The molecule has 0 spiro atoms. The van der Waals surface area contributed by atoms with Crippen LogP contribution in [0.5, 0.6) is 0 Å². The van der Waals surface area contributed by atoms with E-state index in [1.54, 1.807) is 33.4 Å². The monoisotopic (exact) mass is 423 g/mol. The van der Waals surface area contributed by atoms with Gasteiger partial charge in [0.15, 0.2) is 12.2 Å². The van der Waals surface area contributed by atoms with Crippen molar-refractivity contribution in [1.82, 2.24) is 18.9 Å². The topological polar surface area (TPSA) is 88.1 Å². The van der Waals surface area contributed by atoms with Gasteiger partial charge in [-0.15, -0.1) is 0 Å². The van der Waals surface area contributed by atoms with E-state index in [2.05, 4.69) is 10.3 Å². The minimum absolute atomic E-state index is 0.172. The fourth-order valence-corrected chi connectivity index (χ4v) is 4.21. The van der Waals surface area contributed by atoms with Gasteiger partial charge in [0.25, 0.3) is 11.5 Å². The number of fused-ring (bicyclic) bond motifs is 6. The highest BCUT2D eigenvalue weighted by molar-refractivity contribution is 6.11. The van der Waals surface area contributed by atoms with Gasteiger partial charge in [0.2, 0.25) is 6.33 Å². The maximum absolute atomic E-state index is 13.3. The Morgan fingerprint density at radius 1 is 1.09 bits per heavy atom. The third-order valence-electron chi connectivity index (χ3n) is 5.69. The Balaban J connectivity index is 1.44. The van der Waals surface area contributed by atoms with Crippen LogP contribution in [0.25, 0.3) is 38.4 Å². The number of hydrogen-bond donors (Lipinski definition) is 2. The summed E-state index contributed by atoms with van der Waals surface area (Å²) in [5, 5.41) is 5.42. The Hall–Kier alpha value is -4.46. The number of rotatable bonds is 3. The number of anilines is 1. The van der Waals surface area contributed by atoms with Crippen LogP contribution in [0.3, 0.4) is 0 Å². The quantitative estimate of drug-likeness (QED) is 0.339. The summed E-state index contributed by atoms with van der Waals surface area (Å²) in [4.78, 5) is 33.8. The molecular weight excluding hydrogens is 404 g/mol. The molecule has 0 atom stereocenters. The van der Waals surface area contributed by atoms with Crippen molar-refractivity contribution in [1.29, 1.82) is 0 Å². The van der Waals surface area contributed by atoms with Crippen molar-refractivity contribution in [2.24, 2.45) is 7.05 Å². The van der Waals surface area contributed by atoms with E-state index < -0.39 is 0 Å². The van der Waals surface area contributed by atoms with E-state index in [4.69, 9.17) is 4.98 Å². The maximum Gasteiger partial charge on any atom is 0.266 e. The third-order valence-corrected chi connectivity index (χ3v) is 5.69. The number of nitrogens with one attached hydrogen (secondary N) is 2. The van der Waals surface area contributed by atoms with Crippen molar-refractivity contribution in [2.45, 2.75) is 6.54 Å². The summed E-state index contributed by atoms with van der Waals surface area (Å²) in [7, 11) is 1.89. The van der Waals surface area contributed by atoms with Gasteiger partial charge < -0.3 is 10.3 Å². The average molecular weight is 423 g/mol. The van der Waals surface area contributed by atoms with Gasteiger partial charge in [-0.2, -0.15) is 0 Å². The predicted octanol–water partition coefficient (Wildman–Crippen LogP) is 2.75. The molecule has 0 fully saturated rings. The molecule has 4 aromatic heterocycles. The number of nitrogens with zero attached hydrogens (tertiary/aromatic N) is 4. The lowest BCUT2D eigenvalue weighted by atomic mass is 10.2. The van der Waals surface area contributed by atoms with Gasteiger partial charge in [0.05, 0.1) is 23.5 Å². The molecule has 8 nitrogen and oxygen atoms in total. The minimum atomic E-state index is -0.181. The summed E-state index contributed by atoms with van der Waals surface area (Å²) in [6, 6.07) is 15.2. The summed E-state index contributed by atoms with van der Waals surface area (Å²) in [5.41, 5.74) is 3.36. The van der Waals surface area contributed by atoms with Crippen molar-refractivity contribution in [3.63, 3.8) is 0 Å². The molecule has 2 N–H and O–H groups in total. The largest absolute Gasteiger partial charge is 0.351 e. The first-order valence-electron chi connectivity index (χ1n) is 10.2. The third kappa shape index (κ3) is 2.84. The minimum Gasteiger partial charge on any atom is -0.351 e. The molecule has 0 aliphatic carbocycles. The maximum atomic E-state index is 13.3. The highest BCUT2D eigenvalue weighted by atomic mass is 16.2. The summed E-state index contributed by atoms with van der Waals surface area (Å²) in [6.07, 6.45) is 7.27. The Kier molecular flexibility index (Phi) is 3.88. The first-order valence-corrected chi connectivity index (χ1v) is 10.2. The number of H-pyrrole nitrogens is 1. The van der Waals surface area contributed by atoms with E-state index in [1.165, 1.54) is 0 Å². The van der Waals surface area contributed by atoms with Crippen LogP contribution in [0.2, 0.25) is 0 Å². The molecule has 0 saturated carbocycles. The molecule has 0 radical (unpaired) electrons. The summed E-state index contributed by atoms with van der Waals surface area (Å²) >= 11 is 0. The molecule has 0 unspecified atom stereocenters. The molecular formula is C24H19N6O2+. The van der Waals surface area contributed by atoms with Crippen molar-refractivity contribution in [3.05, 3.63) is 83.8 Å². The number of hydrogen-bond acceptors (Lipinski definition) is 3. The molecule has 6 aromatic rings. The van der Waals surface area contributed by atoms with Crippen LogP contribution in [0.1, 0.15) is 0 Å². The number of aromatic amines is 1. The number of aromatic nitrogens is 5. The van der Waals surface area contributed by atoms with E-state index in [1.807, 2.05) is 60.7 Å². The Labute approximate surface area is 181 Å². The van der Waals surface area contributed by atoms with Crippen molar-refractivity contribution < 1.29 is 9.36 Å². The van der Waals surface area contributed by atoms with Gasteiger partial charge in [-0.3, -0.25) is 14.0 Å². The zero-order chi connectivity index (χ0) is 21.8. The molecule has 2 aromatic carbocycles. The van der Waals surface area contributed by atoms with Crippen molar-refractivity contribution >= 4 is 50.0 Å². The molecule has 0 bridgehead atoms. The lowest BCUT2D eigenvalue weighted by Gasteiger charge is -2.07. The standard InChI is InChI=1S/C24H18N6O2/c1-28-10-11-29(14-28)13-21(31)25-15-6-7-20-18(12-15)24(32)30-9-8-17-16-4-2-3-5-19(16)26-22(17)23(30)27-20/h2-12,14H,13H2,1H3,(H-,25,26,27,31,32)/p+1. The van der Waals surface area contributed by atoms with Gasteiger partial charge in [0, 0.05) is 28.2 Å². The molecule has 0 aliphatic rings. The normalized spacial score (nSPS) is 11.7. The zero-order valence-corrected chi connectivity index (χ0v) is 17.2. The van der Waals surface area contributed by atoms with Crippen LogP contribution < -0.4 is 15.4 Å². The van der Waals surface area contributed by atoms with E-state index in [0.29, 0.717) is 22.2 Å². The van der Waals surface area contributed by atoms with Crippen LogP contribution in [-0.2, 0) is 18.4 Å². The van der Waals surface area contributed by atoms with Crippen molar-refractivity contribution in [3.8, 4) is 0 Å². The smallest absolute Gasteiger partial charge is 0.266 e. The predicted molar refractivity (Wildman–Crippen MR) is 123 cm³/mol. The van der Waals surface area contributed by atoms with Crippen LogP contribution in [-0.4, -0.2) is 24.8 Å². The summed E-state index contributed by atoms with van der Waals surface area (Å²) in [6.45, 7) is 0.187. The SMILES string of the molecule is C[n+]1ccn(CC(=O)Nc2ccc3nc4c5[nH]c6ccccc6c5ccn4c(=O)c3c2)c1. The molecule has 4 heterocycles. The number of benzene rings is 2. The number of amides is 1. The molecule has 32 heavy (non-hydrogen) atoms. The summed E-state index contributed by atoms with van der Waals surface area (Å²) < 4.78 is 5.20. The Morgan fingerprint density at radius 2 is 1.97 bits per heavy atom. The highest BCUT2D eigenvalue weighted by Gasteiger charge is 2.14. The van der Waals surface area contributed by atoms with Crippen molar-refractivity contribution in [2.75, 3.05) is 5.32 Å². The second kappa shape index (κ2) is 6.78. The van der Waals surface area contributed by atoms with Gasteiger partial charge in [-0.1, -0.05) is 18.2 Å². The first kappa shape index (κ1) is 18.3. The number of pyridine rings is 1. The molecule has 6 rings (SSSR count). The number of carbonyl (C=O) groups excluding carboxylic acids is 1. The molecule has 0 saturated heterocycles. The van der Waals surface area contributed by atoms with Crippen LogP contribution >= 0.6 is 0 Å². The van der Waals surface area contributed by atoms with Crippen LogP contribution in [0, 0.1) is 0 Å². The number of carbonyl (C=O) groups is 1. The van der Waals surface area contributed by atoms with E-state index in [-0.39, 0.29) is 18.0 Å². The Bertz CT molecular complexity index is 1740. The molecule has 0 aliphatic heterocycles. The fourth-order valence-electron chi connectivity index (χ4n) is 4.21. The number of aryl methyl sites for hydroxylation is 1. The highest BCUT2D eigenvalue weighted by Crippen LogP contribution is 2.27. The molecule has 156 valence electrons. The van der Waals surface area contributed by atoms with Gasteiger partial charge >= 0.3 is 0 Å². The fraction of sp³-hybridized carbons (Fsp3) is 0.0833. The van der Waals surface area contributed by atoms with Crippen LogP contribution in [0.4, 0.5) is 5.69 Å².